The molecule has 0 radical (unpaired) electrons. The number of amides is 2. The first-order valence-corrected chi connectivity index (χ1v) is 8.08. The number of fused-ring (bicyclic) bond motifs is 3. The molecule has 0 fully saturated rings. The van der Waals surface area contributed by atoms with Crippen molar-refractivity contribution in [2.45, 2.75) is 51.7 Å². The molecule has 0 spiro atoms. The van der Waals surface area contributed by atoms with Gasteiger partial charge in [-0.3, -0.25) is 4.79 Å². The van der Waals surface area contributed by atoms with Gasteiger partial charge in [-0.25, -0.2) is 9.69 Å². The minimum absolute atomic E-state index is 0.0901. The summed E-state index contributed by atoms with van der Waals surface area (Å²) in [6.07, 6.45) is 0.549. The molecule has 0 saturated carbocycles. The van der Waals surface area contributed by atoms with Crippen LogP contribution in [-0.4, -0.2) is 28.5 Å². The van der Waals surface area contributed by atoms with Crippen LogP contribution in [0.1, 0.15) is 46.1 Å². The maximum Gasteiger partial charge on any atom is 0.417 e. The largest absolute Gasteiger partial charge is 0.443 e. The quantitative estimate of drug-likeness (QED) is 0.714. The van der Waals surface area contributed by atoms with Crippen LogP contribution < -0.4 is 0 Å². The molecule has 1 unspecified atom stereocenters. The zero-order valence-corrected chi connectivity index (χ0v) is 14.2. The van der Waals surface area contributed by atoms with Crippen molar-refractivity contribution in [1.82, 2.24) is 4.90 Å². The highest BCUT2D eigenvalue weighted by Crippen LogP contribution is 2.38. The maximum absolute atomic E-state index is 12.5. The molecular weight excluding hydrogens is 314 g/mol. The number of benzene rings is 1. The number of rotatable bonds is 0. The predicted molar refractivity (Wildman–Crippen MR) is 89.2 cm³/mol. The normalized spacial score (nSPS) is 21.6. The van der Waals surface area contributed by atoms with Gasteiger partial charge in [-0.2, -0.15) is 0 Å². The molecule has 1 aromatic carbocycles. The van der Waals surface area contributed by atoms with E-state index in [4.69, 9.17) is 17.7 Å². The average Bonchev–Trinajstić information content (AvgIpc) is 2.44. The van der Waals surface area contributed by atoms with E-state index in [9.17, 15) is 9.59 Å². The Hall–Kier alpha value is -1.81. The summed E-state index contributed by atoms with van der Waals surface area (Å²) in [6.45, 7) is 5.30. The SMILES string of the molecule is [2H]C1=C2c3ccc(Cl)cc3CCC2N(C(=O)OC(C)(C)C)C(=O)C1. The highest BCUT2D eigenvalue weighted by Gasteiger charge is 2.40. The van der Waals surface area contributed by atoms with Crippen molar-refractivity contribution in [2.24, 2.45) is 0 Å². The van der Waals surface area contributed by atoms with Gasteiger partial charge in [0.1, 0.15) is 5.60 Å². The fourth-order valence-corrected chi connectivity index (χ4v) is 3.28. The molecule has 1 heterocycles. The summed E-state index contributed by atoms with van der Waals surface area (Å²) in [5.74, 6) is -0.375. The third kappa shape index (κ3) is 3.13. The second-order valence-electron chi connectivity index (χ2n) is 6.87. The lowest BCUT2D eigenvalue weighted by molar-refractivity contribution is -0.131. The molecule has 4 nitrogen and oxygen atoms in total. The molecule has 0 saturated heterocycles. The van der Waals surface area contributed by atoms with Gasteiger partial charge in [0.05, 0.1) is 7.41 Å². The lowest BCUT2D eigenvalue weighted by Gasteiger charge is -2.39. The van der Waals surface area contributed by atoms with Gasteiger partial charge in [-0.1, -0.05) is 23.7 Å². The molecule has 0 N–H and O–H groups in total. The highest BCUT2D eigenvalue weighted by molar-refractivity contribution is 6.30. The predicted octanol–water partition coefficient (Wildman–Crippen LogP) is 4.21. The minimum atomic E-state index is -0.678. The standard InChI is InChI=1S/C18H20ClNO3/c1-18(2,3)23-17(22)20-15-8-4-11-10-12(19)5-6-13(11)14(15)7-9-16(20)21/h5-7,10,15H,4,8-9H2,1-3H3/i7D. The first-order valence-electron chi connectivity index (χ1n) is 8.21. The summed E-state index contributed by atoms with van der Waals surface area (Å²) in [5, 5.41) is 0.648. The lowest BCUT2D eigenvalue weighted by Crippen LogP contribution is -2.50. The smallest absolute Gasteiger partial charge is 0.417 e. The second kappa shape index (κ2) is 5.68. The van der Waals surface area contributed by atoms with Crippen molar-refractivity contribution in [2.75, 3.05) is 0 Å². The van der Waals surface area contributed by atoms with E-state index in [1.807, 2.05) is 12.1 Å². The van der Waals surface area contributed by atoms with Crippen LogP contribution in [0.3, 0.4) is 0 Å². The van der Waals surface area contributed by atoms with E-state index >= 15 is 0 Å². The molecule has 2 amide bonds. The van der Waals surface area contributed by atoms with E-state index in [1.54, 1.807) is 26.8 Å². The molecular formula is C18H20ClNO3. The zero-order chi connectivity index (χ0) is 17.6. The Labute approximate surface area is 142 Å². The Morgan fingerprint density at radius 1 is 1.43 bits per heavy atom. The van der Waals surface area contributed by atoms with Gasteiger partial charge in [-0.15, -0.1) is 0 Å². The van der Waals surface area contributed by atoms with Crippen molar-refractivity contribution in [3.63, 3.8) is 0 Å². The van der Waals surface area contributed by atoms with Gasteiger partial charge in [0.25, 0.3) is 0 Å². The number of ether oxygens (including phenoxy) is 1. The Bertz CT molecular complexity index is 751. The van der Waals surface area contributed by atoms with Crippen LogP contribution in [0.25, 0.3) is 5.57 Å². The van der Waals surface area contributed by atoms with Crippen LogP contribution in [0.5, 0.6) is 0 Å². The minimum Gasteiger partial charge on any atom is -0.443 e. The highest BCUT2D eigenvalue weighted by atomic mass is 35.5. The molecule has 2 aliphatic rings. The molecule has 1 aliphatic heterocycles. The van der Waals surface area contributed by atoms with E-state index in [1.165, 1.54) is 4.90 Å². The van der Waals surface area contributed by atoms with Crippen LogP contribution in [-0.2, 0) is 16.0 Å². The second-order valence-corrected chi connectivity index (χ2v) is 7.30. The molecule has 0 bridgehead atoms. The van der Waals surface area contributed by atoms with Crippen molar-refractivity contribution in [3.8, 4) is 0 Å². The summed E-state index contributed by atoms with van der Waals surface area (Å²) in [6, 6.07) is 5.37. The van der Waals surface area contributed by atoms with Gasteiger partial charge < -0.3 is 4.74 Å². The van der Waals surface area contributed by atoms with Crippen molar-refractivity contribution < 1.29 is 15.7 Å². The third-order valence-electron chi connectivity index (χ3n) is 3.98. The third-order valence-corrected chi connectivity index (χ3v) is 4.21. The molecule has 3 rings (SSSR count). The van der Waals surface area contributed by atoms with Crippen LogP contribution in [0.2, 0.25) is 5.02 Å². The zero-order valence-electron chi connectivity index (χ0n) is 14.5. The summed E-state index contributed by atoms with van der Waals surface area (Å²) in [5.41, 5.74) is 2.01. The number of carbonyl (C=O) groups is 2. The van der Waals surface area contributed by atoms with Gasteiger partial charge in [-0.05, 0) is 62.4 Å². The molecule has 1 aromatic rings. The first-order chi connectivity index (χ1) is 11.2. The summed E-state index contributed by atoms with van der Waals surface area (Å²) < 4.78 is 13.7. The Kier molecular flexibility index (Phi) is 3.64. The molecule has 122 valence electrons. The van der Waals surface area contributed by atoms with Gasteiger partial charge >= 0.3 is 6.09 Å². The van der Waals surface area contributed by atoms with E-state index in [-0.39, 0.29) is 18.4 Å². The molecule has 1 aliphatic carbocycles. The molecule has 23 heavy (non-hydrogen) atoms. The average molecular weight is 335 g/mol. The Morgan fingerprint density at radius 2 is 2.17 bits per heavy atom. The number of hydrogen-bond acceptors (Lipinski definition) is 3. The fourth-order valence-electron chi connectivity index (χ4n) is 3.09. The number of aryl methyl sites for hydroxylation is 1. The van der Waals surface area contributed by atoms with E-state index < -0.39 is 17.7 Å². The van der Waals surface area contributed by atoms with Gasteiger partial charge in [0, 0.05) is 11.4 Å². The summed E-state index contributed by atoms with van der Waals surface area (Å²) in [4.78, 5) is 26.1. The van der Waals surface area contributed by atoms with Crippen LogP contribution in [0.15, 0.2) is 24.3 Å². The summed E-state index contributed by atoms with van der Waals surface area (Å²) >= 11 is 6.06. The number of hydrogen-bond donors (Lipinski definition) is 0. The van der Waals surface area contributed by atoms with Crippen molar-refractivity contribution >= 4 is 29.2 Å². The van der Waals surface area contributed by atoms with E-state index in [2.05, 4.69) is 0 Å². The van der Waals surface area contributed by atoms with E-state index in [0.717, 1.165) is 16.7 Å². The van der Waals surface area contributed by atoms with Crippen LogP contribution in [0.4, 0.5) is 4.79 Å². The Morgan fingerprint density at radius 3 is 2.87 bits per heavy atom. The number of carbonyl (C=O) groups excluding carboxylic acids is 2. The fraction of sp³-hybridized carbons (Fsp3) is 0.444. The molecule has 0 aromatic heterocycles. The van der Waals surface area contributed by atoms with E-state index in [0.29, 0.717) is 17.9 Å². The number of halogens is 1. The number of nitrogens with zero attached hydrogens (tertiary/aromatic N) is 1. The molecule has 1 atom stereocenters. The molecule has 5 heteroatoms. The summed E-state index contributed by atoms with van der Waals surface area (Å²) in [7, 11) is 0. The Balaban J connectivity index is 2.02. The monoisotopic (exact) mass is 334 g/mol. The van der Waals surface area contributed by atoms with Gasteiger partial charge in [0.15, 0.2) is 0 Å². The van der Waals surface area contributed by atoms with Crippen molar-refractivity contribution in [3.05, 3.63) is 40.4 Å². The first kappa shape index (κ1) is 14.8. The number of imide groups is 1. The lowest BCUT2D eigenvalue weighted by atomic mass is 9.81. The topological polar surface area (TPSA) is 46.6 Å². The van der Waals surface area contributed by atoms with Crippen LogP contribution in [0, 0.1) is 0 Å². The van der Waals surface area contributed by atoms with Gasteiger partial charge in [0.2, 0.25) is 5.91 Å². The van der Waals surface area contributed by atoms with Crippen LogP contribution >= 0.6 is 11.6 Å². The maximum atomic E-state index is 12.5. The van der Waals surface area contributed by atoms with Crippen molar-refractivity contribution in [1.29, 1.82) is 0 Å².